The third-order valence-corrected chi connectivity index (χ3v) is 5.08. The number of carbonyl (C=O) groups is 2. The van der Waals surface area contributed by atoms with E-state index < -0.39 is 0 Å². The van der Waals surface area contributed by atoms with E-state index in [0.717, 1.165) is 36.1 Å². The van der Waals surface area contributed by atoms with Gasteiger partial charge in [-0.05, 0) is 43.4 Å². The third kappa shape index (κ3) is 10.5. The van der Waals surface area contributed by atoms with Crippen LogP contribution in [0.5, 0.6) is 5.75 Å². The van der Waals surface area contributed by atoms with Crippen LogP contribution in [0.4, 0.5) is 0 Å². The maximum absolute atomic E-state index is 12.4. The van der Waals surface area contributed by atoms with Crippen LogP contribution in [0.3, 0.4) is 0 Å². The topological polar surface area (TPSA) is 52.6 Å². The average molecular weight is 391 g/mol. The number of methoxy groups -OCH3 is 1. The van der Waals surface area contributed by atoms with Crippen LogP contribution < -0.4 is 4.74 Å². The van der Waals surface area contributed by atoms with Crippen molar-refractivity contribution in [2.45, 2.75) is 97.5 Å². The van der Waals surface area contributed by atoms with Gasteiger partial charge in [0.15, 0.2) is 0 Å². The van der Waals surface area contributed by atoms with Crippen LogP contribution in [0.25, 0.3) is 0 Å². The van der Waals surface area contributed by atoms with Gasteiger partial charge in [0.05, 0.1) is 7.11 Å². The monoisotopic (exact) mass is 390 g/mol. The van der Waals surface area contributed by atoms with Gasteiger partial charge >= 0.3 is 5.97 Å². The molecule has 0 amide bonds. The fraction of sp³-hybridized carbons (Fsp3) is 0.667. The van der Waals surface area contributed by atoms with Crippen LogP contribution in [0.15, 0.2) is 18.2 Å². The number of unbranched alkanes of at least 4 members (excludes halogenated alkanes) is 6. The number of ketones is 1. The van der Waals surface area contributed by atoms with E-state index in [1.165, 1.54) is 39.0 Å². The van der Waals surface area contributed by atoms with Crippen LogP contribution in [-0.4, -0.2) is 25.0 Å². The van der Waals surface area contributed by atoms with Crippen molar-refractivity contribution in [2.75, 3.05) is 7.11 Å². The Kier molecular flexibility index (Phi) is 12.3. The molecule has 4 nitrogen and oxygen atoms in total. The van der Waals surface area contributed by atoms with Crippen molar-refractivity contribution >= 4 is 11.8 Å². The number of hydrogen-bond acceptors (Lipinski definition) is 4. The van der Waals surface area contributed by atoms with Gasteiger partial charge in [-0.1, -0.05) is 57.6 Å². The predicted octanol–water partition coefficient (Wildman–Crippen LogP) is 5.97. The second kappa shape index (κ2) is 14.2. The van der Waals surface area contributed by atoms with E-state index in [0.29, 0.717) is 19.3 Å². The van der Waals surface area contributed by atoms with Crippen molar-refractivity contribution in [3.63, 3.8) is 0 Å². The Morgan fingerprint density at radius 3 is 2.36 bits per heavy atom. The summed E-state index contributed by atoms with van der Waals surface area (Å²) in [5, 5.41) is 0. The summed E-state index contributed by atoms with van der Waals surface area (Å²) in [4.78, 5) is 23.8. The highest BCUT2D eigenvalue weighted by Gasteiger charge is 2.17. The predicted molar refractivity (Wildman–Crippen MR) is 114 cm³/mol. The molecular formula is C24H38O4. The van der Waals surface area contributed by atoms with E-state index >= 15 is 0 Å². The minimum Gasteiger partial charge on any atom is -0.496 e. The number of esters is 1. The summed E-state index contributed by atoms with van der Waals surface area (Å²) in [6, 6.07) is 6.04. The van der Waals surface area contributed by atoms with E-state index in [4.69, 9.17) is 9.47 Å². The number of ether oxygens (including phenoxy) is 2. The Morgan fingerprint density at radius 1 is 1.04 bits per heavy atom. The Labute approximate surface area is 171 Å². The van der Waals surface area contributed by atoms with E-state index in [1.54, 1.807) is 7.11 Å². The fourth-order valence-electron chi connectivity index (χ4n) is 3.43. The standard InChI is InChI=1S/C24H38O4/c1-5-6-7-8-9-10-11-12-23(28-20(3)25)18-22(26)16-15-21-14-13-19(2)24(17-21)27-4/h13-14,17,23H,5-12,15-16,18H2,1-4H3/t23-/m0/s1. The zero-order chi connectivity index (χ0) is 20.8. The Hall–Kier alpha value is -1.84. The Balaban J connectivity index is 2.39. The van der Waals surface area contributed by atoms with Crippen molar-refractivity contribution in [1.29, 1.82) is 0 Å². The van der Waals surface area contributed by atoms with Gasteiger partial charge in [0, 0.05) is 19.8 Å². The first-order valence-corrected chi connectivity index (χ1v) is 10.8. The largest absolute Gasteiger partial charge is 0.496 e. The summed E-state index contributed by atoms with van der Waals surface area (Å²) < 4.78 is 10.7. The maximum Gasteiger partial charge on any atom is 0.302 e. The molecule has 1 aromatic rings. The van der Waals surface area contributed by atoms with Gasteiger partial charge in [0.2, 0.25) is 0 Å². The summed E-state index contributed by atoms with van der Waals surface area (Å²) in [5.74, 6) is 0.694. The van der Waals surface area contributed by atoms with Gasteiger partial charge in [-0.3, -0.25) is 9.59 Å². The maximum atomic E-state index is 12.4. The van der Waals surface area contributed by atoms with Crippen molar-refractivity contribution in [2.24, 2.45) is 0 Å². The molecule has 0 aromatic heterocycles. The molecule has 0 fully saturated rings. The second-order valence-electron chi connectivity index (χ2n) is 7.69. The Bertz CT molecular complexity index is 594. The molecule has 0 radical (unpaired) electrons. The van der Waals surface area contributed by atoms with Gasteiger partial charge in [-0.25, -0.2) is 0 Å². The zero-order valence-electron chi connectivity index (χ0n) is 18.2. The number of benzene rings is 1. The minimum atomic E-state index is -0.302. The molecule has 28 heavy (non-hydrogen) atoms. The van der Waals surface area contributed by atoms with Crippen molar-refractivity contribution in [3.8, 4) is 5.75 Å². The molecule has 1 aromatic carbocycles. The van der Waals surface area contributed by atoms with Crippen LogP contribution in [0.2, 0.25) is 0 Å². The zero-order valence-corrected chi connectivity index (χ0v) is 18.2. The van der Waals surface area contributed by atoms with Gasteiger partial charge in [-0.15, -0.1) is 0 Å². The van der Waals surface area contributed by atoms with Crippen LogP contribution in [0.1, 0.15) is 89.2 Å². The molecule has 158 valence electrons. The first kappa shape index (κ1) is 24.2. The average Bonchev–Trinajstić information content (AvgIpc) is 2.66. The van der Waals surface area contributed by atoms with Crippen LogP contribution in [-0.2, 0) is 20.7 Å². The lowest BCUT2D eigenvalue weighted by molar-refractivity contribution is -0.148. The van der Waals surface area contributed by atoms with Gasteiger partial charge in [0.1, 0.15) is 17.6 Å². The SMILES string of the molecule is CCCCCCCCC[C@@H](CC(=O)CCc1ccc(C)c(OC)c1)OC(C)=O. The summed E-state index contributed by atoms with van der Waals surface area (Å²) in [6.07, 6.45) is 10.4. The number of carbonyl (C=O) groups excluding carboxylic acids is 2. The molecular weight excluding hydrogens is 352 g/mol. The van der Waals surface area contributed by atoms with E-state index in [1.807, 2.05) is 25.1 Å². The lowest BCUT2D eigenvalue weighted by atomic mass is 9.99. The van der Waals surface area contributed by atoms with Gasteiger partial charge in [0.25, 0.3) is 0 Å². The summed E-state index contributed by atoms with van der Waals surface area (Å²) in [6.45, 7) is 5.64. The van der Waals surface area contributed by atoms with E-state index in [9.17, 15) is 9.59 Å². The van der Waals surface area contributed by atoms with Crippen molar-refractivity contribution in [3.05, 3.63) is 29.3 Å². The summed E-state index contributed by atoms with van der Waals surface area (Å²) >= 11 is 0. The van der Waals surface area contributed by atoms with E-state index in [-0.39, 0.29) is 17.9 Å². The van der Waals surface area contributed by atoms with Gasteiger partial charge < -0.3 is 9.47 Å². The molecule has 0 saturated heterocycles. The number of rotatable bonds is 15. The summed E-state index contributed by atoms with van der Waals surface area (Å²) in [7, 11) is 1.66. The molecule has 0 bridgehead atoms. The van der Waals surface area contributed by atoms with Crippen molar-refractivity contribution < 1.29 is 19.1 Å². The first-order chi connectivity index (χ1) is 13.5. The number of Topliss-reactive ketones (excluding diaryl/α,β-unsaturated/α-hetero) is 1. The molecule has 0 aliphatic carbocycles. The molecule has 1 atom stereocenters. The van der Waals surface area contributed by atoms with Crippen LogP contribution >= 0.6 is 0 Å². The quantitative estimate of drug-likeness (QED) is 0.273. The molecule has 0 N–H and O–H groups in total. The van der Waals surface area contributed by atoms with Crippen LogP contribution in [0, 0.1) is 6.92 Å². The molecule has 0 spiro atoms. The molecule has 1 rings (SSSR count). The normalized spacial score (nSPS) is 11.9. The molecule has 0 saturated carbocycles. The van der Waals surface area contributed by atoms with Crippen molar-refractivity contribution in [1.82, 2.24) is 0 Å². The van der Waals surface area contributed by atoms with E-state index in [2.05, 4.69) is 6.92 Å². The minimum absolute atomic E-state index is 0.147. The smallest absolute Gasteiger partial charge is 0.302 e. The molecule has 0 aliphatic heterocycles. The highest BCUT2D eigenvalue weighted by Crippen LogP contribution is 2.20. The lowest BCUT2D eigenvalue weighted by Gasteiger charge is -2.16. The first-order valence-electron chi connectivity index (χ1n) is 10.8. The molecule has 0 aliphatic rings. The molecule has 0 heterocycles. The van der Waals surface area contributed by atoms with Gasteiger partial charge in [-0.2, -0.15) is 0 Å². The fourth-order valence-corrected chi connectivity index (χ4v) is 3.43. The highest BCUT2D eigenvalue weighted by molar-refractivity contribution is 5.79. The molecule has 0 unspecified atom stereocenters. The lowest BCUT2D eigenvalue weighted by Crippen LogP contribution is -2.20. The summed E-state index contributed by atoms with van der Waals surface area (Å²) in [5.41, 5.74) is 2.18. The number of hydrogen-bond donors (Lipinski definition) is 0. The third-order valence-electron chi connectivity index (χ3n) is 5.08. The second-order valence-corrected chi connectivity index (χ2v) is 7.69. The highest BCUT2D eigenvalue weighted by atomic mass is 16.5. The molecule has 4 heteroatoms. The Morgan fingerprint density at radius 2 is 1.71 bits per heavy atom. The number of aryl methyl sites for hydroxylation is 2.